The molecule has 1 aromatic rings. The number of hydrogen-bond donors (Lipinski definition) is 1. The van der Waals surface area contributed by atoms with Crippen LogP contribution in [0.3, 0.4) is 0 Å². The summed E-state index contributed by atoms with van der Waals surface area (Å²) in [5.74, 6) is 0. The summed E-state index contributed by atoms with van der Waals surface area (Å²) >= 11 is 0. The first-order valence-corrected chi connectivity index (χ1v) is 10.6. The molecule has 1 heteroatoms. The largest absolute Gasteiger partial charge is 0.398 e. The lowest BCUT2D eigenvalue weighted by Gasteiger charge is -2.15. The first kappa shape index (κ1) is 21.1. The van der Waals surface area contributed by atoms with Gasteiger partial charge in [-0.2, -0.15) is 0 Å². The molecule has 0 unspecified atom stereocenters. The van der Waals surface area contributed by atoms with Crippen molar-refractivity contribution in [3.63, 3.8) is 0 Å². The number of unbranched alkanes of at least 4 members (excludes halogenated alkanes) is 10. The van der Waals surface area contributed by atoms with E-state index in [0.717, 1.165) is 5.69 Å². The van der Waals surface area contributed by atoms with Crippen molar-refractivity contribution in [3.05, 3.63) is 28.8 Å². The number of nitrogens with two attached hydrogens (primary N) is 1. The van der Waals surface area contributed by atoms with Crippen molar-refractivity contribution in [1.29, 1.82) is 0 Å². The maximum atomic E-state index is 6.32. The Hall–Kier alpha value is -0.980. The minimum atomic E-state index is 1.02. The molecule has 0 heterocycles. The molecule has 0 saturated heterocycles. The number of aryl methyl sites for hydroxylation is 1. The molecule has 1 aromatic carbocycles. The summed E-state index contributed by atoms with van der Waals surface area (Å²) in [5, 5.41) is 0. The van der Waals surface area contributed by atoms with Gasteiger partial charge in [0.1, 0.15) is 0 Å². The highest BCUT2D eigenvalue weighted by molar-refractivity contribution is 5.54. The van der Waals surface area contributed by atoms with Crippen molar-refractivity contribution in [2.24, 2.45) is 0 Å². The summed E-state index contributed by atoms with van der Waals surface area (Å²) in [7, 11) is 0. The van der Waals surface area contributed by atoms with Gasteiger partial charge in [-0.3, -0.25) is 0 Å². The number of rotatable bonds is 14. The molecular weight excluding hydrogens is 290 g/mol. The zero-order valence-electron chi connectivity index (χ0n) is 16.6. The first-order chi connectivity index (χ1) is 11.7. The van der Waals surface area contributed by atoms with Gasteiger partial charge >= 0.3 is 0 Å². The molecule has 0 aliphatic heterocycles. The van der Waals surface area contributed by atoms with Crippen LogP contribution in [0.2, 0.25) is 0 Å². The van der Waals surface area contributed by atoms with Gasteiger partial charge in [0, 0.05) is 5.69 Å². The lowest BCUT2D eigenvalue weighted by molar-refractivity contribution is 0.599. The Morgan fingerprint density at radius 3 is 1.62 bits per heavy atom. The maximum absolute atomic E-state index is 6.32. The van der Waals surface area contributed by atoms with Gasteiger partial charge in [0.25, 0.3) is 0 Å². The highest BCUT2D eigenvalue weighted by atomic mass is 14.6. The molecule has 0 fully saturated rings. The third kappa shape index (κ3) is 8.22. The molecule has 0 aliphatic carbocycles. The number of hydrogen-bond acceptors (Lipinski definition) is 1. The molecule has 0 atom stereocenters. The van der Waals surface area contributed by atoms with Crippen molar-refractivity contribution < 1.29 is 0 Å². The first-order valence-electron chi connectivity index (χ1n) is 10.6. The Bertz CT molecular complexity index is 395. The number of benzene rings is 1. The van der Waals surface area contributed by atoms with Gasteiger partial charge in [-0.1, -0.05) is 84.1 Å². The van der Waals surface area contributed by atoms with Crippen molar-refractivity contribution in [2.45, 2.75) is 111 Å². The van der Waals surface area contributed by atoms with Crippen molar-refractivity contribution in [3.8, 4) is 0 Å². The van der Waals surface area contributed by atoms with E-state index in [2.05, 4.69) is 32.9 Å². The fourth-order valence-corrected chi connectivity index (χ4v) is 3.64. The summed E-state index contributed by atoms with van der Waals surface area (Å²) < 4.78 is 0. The number of anilines is 1. The maximum Gasteiger partial charge on any atom is 0.0349 e. The van der Waals surface area contributed by atoms with Crippen LogP contribution in [0.25, 0.3) is 0 Å². The molecule has 0 aromatic heterocycles. The molecule has 0 spiro atoms. The lowest BCUT2D eigenvalue weighted by atomic mass is 9.91. The van der Waals surface area contributed by atoms with E-state index < -0.39 is 0 Å². The van der Waals surface area contributed by atoms with E-state index in [-0.39, 0.29) is 0 Å². The van der Waals surface area contributed by atoms with E-state index in [1.807, 2.05) is 0 Å². The molecule has 138 valence electrons. The highest BCUT2D eigenvalue weighted by Crippen LogP contribution is 2.25. The van der Waals surface area contributed by atoms with E-state index in [9.17, 15) is 0 Å². The van der Waals surface area contributed by atoms with E-state index in [0.29, 0.717) is 0 Å². The summed E-state index contributed by atoms with van der Waals surface area (Å²) in [4.78, 5) is 0. The predicted molar refractivity (Wildman–Crippen MR) is 110 cm³/mol. The van der Waals surface area contributed by atoms with Crippen LogP contribution < -0.4 is 5.73 Å². The standard InChI is InChI=1S/C23H41N/c1-4-6-8-10-12-14-16-21-20(3)18-19-23(24)22(21)17-15-13-11-9-7-5-2/h18-19H,4-17,24H2,1-3H3. The second-order valence-corrected chi connectivity index (χ2v) is 7.46. The fraction of sp³-hybridized carbons (Fsp3) is 0.739. The van der Waals surface area contributed by atoms with E-state index in [1.54, 1.807) is 5.56 Å². The van der Waals surface area contributed by atoms with Crippen LogP contribution in [0, 0.1) is 6.92 Å². The van der Waals surface area contributed by atoms with Crippen LogP contribution in [0.4, 0.5) is 5.69 Å². The van der Waals surface area contributed by atoms with Gasteiger partial charge in [-0.05, 0) is 55.4 Å². The minimum Gasteiger partial charge on any atom is -0.398 e. The van der Waals surface area contributed by atoms with Gasteiger partial charge in [-0.25, -0.2) is 0 Å². The van der Waals surface area contributed by atoms with Crippen LogP contribution in [-0.4, -0.2) is 0 Å². The SMILES string of the molecule is CCCCCCCCc1c(C)ccc(N)c1CCCCCCCC. The normalized spacial score (nSPS) is 11.1. The zero-order valence-corrected chi connectivity index (χ0v) is 16.6. The summed E-state index contributed by atoms with van der Waals surface area (Å²) in [6, 6.07) is 4.33. The molecule has 0 bridgehead atoms. The second-order valence-electron chi connectivity index (χ2n) is 7.46. The Labute approximate surface area is 151 Å². The van der Waals surface area contributed by atoms with Gasteiger partial charge < -0.3 is 5.73 Å². The topological polar surface area (TPSA) is 26.0 Å². The Morgan fingerprint density at radius 2 is 1.08 bits per heavy atom. The van der Waals surface area contributed by atoms with Crippen LogP contribution in [0.1, 0.15) is 108 Å². The average molecular weight is 332 g/mol. The van der Waals surface area contributed by atoms with Crippen molar-refractivity contribution in [1.82, 2.24) is 0 Å². The van der Waals surface area contributed by atoms with Crippen LogP contribution >= 0.6 is 0 Å². The summed E-state index contributed by atoms with van der Waals surface area (Å²) in [6.07, 6.45) is 18.7. The monoisotopic (exact) mass is 331 g/mol. The fourth-order valence-electron chi connectivity index (χ4n) is 3.64. The Balaban J connectivity index is 2.46. The predicted octanol–water partition coefficient (Wildman–Crippen LogP) is 7.38. The van der Waals surface area contributed by atoms with Gasteiger partial charge in [0.15, 0.2) is 0 Å². The Kier molecular flexibility index (Phi) is 11.7. The molecule has 0 saturated carbocycles. The smallest absolute Gasteiger partial charge is 0.0349 e. The molecule has 0 aliphatic rings. The third-order valence-corrected chi connectivity index (χ3v) is 5.26. The van der Waals surface area contributed by atoms with Gasteiger partial charge in [0.05, 0.1) is 0 Å². The highest BCUT2D eigenvalue weighted by Gasteiger charge is 2.09. The Morgan fingerprint density at radius 1 is 0.625 bits per heavy atom. The molecule has 24 heavy (non-hydrogen) atoms. The molecule has 2 N–H and O–H groups in total. The molecule has 0 amide bonds. The summed E-state index contributed by atoms with van der Waals surface area (Å²) in [6.45, 7) is 6.82. The van der Waals surface area contributed by atoms with Crippen LogP contribution in [-0.2, 0) is 12.8 Å². The lowest BCUT2D eigenvalue weighted by Crippen LogP contribution is -2.03. The van der Waals surface area contributed by atoms with Crippen molar-refractivity contribution in [2.75, 3.05) is 5.73 Å². The van der Waals surface area contributed by atoms with E-state index in [1.165, 1.54) is 101 Å². The minimum absolute atomic E-state index is 1.02. The third-order valence-electron chi connectivity index (χ3n) is 5.26. The van der Waals surface area contributed by atoms with Gasteiger partial charge in [-0.15, -0.1) is 0 Å². The average Bonchev–Trinajstić information content (AvgIpc) is 2.58. The zero-order chi connectivity index (χ0) is 17.6. The quantitative estimate of drug-likeness (QED) is 0.279. The molecule has 1 rings (SSSR count). The molecular formula is C23H41N. The van der Waals surface area contributed by atoms with Crippen molar-refractivity contribution >= 4 is 5.69 Å². The van der Waals surface area contributed by atoms with Gasteiger partial charge in [0.2, 0.25) is 0 Å². The second kappa shape index (κ2) is 13.3. The van der Waals surface area contributed by atoms with Crippen LogP contribution in [0.5, 0.6) is 0 Å². The number of nitrogen functional groups attached to an aromatic ring is 1. The summed E-state index contributed by atoms with van der Waals surface area (Å²) in [5.41, 5.74) is 11.8. The van der Waals surface area contributed by atoms with Crippen LogP contribution in [0.15, 0.2) is 12.1 Å². The molecule has 0 radical (unpaired) electrons. The van der Waals surface area contributed by atoms with E-state index >= 15 is 0 Å². The molecule has 1 nitrogen and oxygen atoms in total. The van der Waals surface area contributed by atoms with E-state index in [4.69, 9.17) is 5.73 Å².